The van der Waals surface area contributed by atoms with Crippen molar-refractivity contribution in [3.05, 3.63) is 58.0 Å². The zero-order valence-corrected chi connectivity index (χ0v) is 9.70. The second kappa shape index (κ2) is 5.21. The number of carbonyl (C=O) groups is 1. The molecular weight excluding hydrogens is 252 g/mol. The number of nitro groups is 1. The average Bonchev–Trinajstić information content (AvgIpc) is 2.88. The Morgan fingerprint density at radius 3 is 2.74 bits per heavy atom. The number of para-hydroxylation sites is 1. The molecule has 0 radical (unpaired) electrons. The molecule has 0 bridgehead atoms. The smallest absolute Gasteiger partial charge is 0.338 e. The van der Waals surface area contributed by atoms with Crippen molar-refractivity contribution in [1.82, 2.24) is 0 Å². The molecule has 1 heterocycles. The van der Waals surface area contributed by atoms with Gasteiger partial charge in [-0.05, 0) is 18.2 Å². The van der Waals surface area contributed by atoms with Gasteiger partial charge in [0, 0.05) is 6.07 Å². The van der Waals surface area contributed by atoms with Gasteiger partial charge in [-0.15, -0.1) is 0 Å². The molecule has 2 aromatic rings. The molecule has 0 spiro atoms. The van der Waals surface area contributed by atoms with Crippen LogP contribution >= 0.6 is 0 Å². The highest BCUT2D eigenvalue weighted by molar-refractivity contribution is 5.96. The fourth-order valence-electron chi connectivity index (χ4n) is 1.64. The van der Waals surface area contributed by atoms with Gasteiger partial charge in [0.05, 0.1) is 23.3 Å². The van der Waals surface area contributed by atoms with E-state index in [1.165, 1.54) is 24.5 Å². The summed E-state index contributed by atoms with van der Waals surface area (Å²) < 4.78 is 5.08. The molecule has 0 aliphatic heterocycles. The Kier molecular flexibility index (Phi) is 3.46. The minimum Gasteiger partial charge on any atom is -0.478 e. The minimum atomic E-state index is -1.23. The lowest BCUT2D eigenvalue weighted by Crippen LogP contribution is -2.08. The summed E-state index contributed by atoms with van der Waals surface area (Å²) in [5.41, 5.74) is -0.469. The molecule has 2 N–H and O–H groups in total. The van der Waals surface area contributed by atoms with Gasteiger partial charge in [-0.2, -0.15) is 0 Å². The molecule has 0 fully saturated rings. The van der Waals surface area contributed by atoms with E-state index in [2.05, 4.69) is 5.32 Å². The number of aromatic carboxylic acids is 1. The van der Waals surface area contributed by atoms with Crippen molar-refractivity contribution >= 4 is 17.3 Å². The molecule has 0 atom stereocenters. The third-order valence-electron chi connectivity index (χ3n) is 2.49. The van der Waals surface area contributed by atoms with Gasteiger partial charge < -0.3 is 14.8 Å². The second-order valence-corrected chi connectivity index (χ2v) is 3.69. The zero-order valence-electron chi connectivity index (χ0n) is 9.70. The van der Waals surface area contributed by atoms with Gasteiger partial charge in [-0.1, -0.05) is 6.07 Å². The van der Waals surface area contributed by atoms with E-state index in [1.807, 2.05) is 0 Å². The predicted molar refractivity (Wildman–Crippen MR) is 66.1 cm³/mol. The van der Waals surface area contributed by atoms with Crippen LogP contribution in [0.4, 0.5) is 11.4 Å². The quantitative estimate of drug-likeness (QED) is 0.633. The van der Waals surface area contributed by atoms with Crippen LogP contribution in [0, 0.1) is 10.1 Å². The molecule has 0 amide bonds. The maximum absolute atomic E-state index is 11.1. The highest BCUT2D eigenvalue weighted by Gasteiger charge is 2.21. The predicted octanol–water partition coefficient (Wildman–Crippen LogP) is 2.50. The molecule has 2 rings (SSSR count). The van der Waals surface area contributed by atoms with Crippen molar-refractivity contribution in [3.63, 3.8) is 0 Å². The molecule has 0 unspecified atom stereocenters. The monoisotopic (exact) mass is 262 g/mol. The van der Waals surface area contributed by atoms with Crippen molar-refractivity contribution in [2.75, 3.05) is 5.32 Å². The summed E-state index contributed by atoms with van der Waals surface area (Å²) in [5.74, 6) is -0.680. The zero-order chi connectivity index (χ0) is 13.8. The van der Waals surface area contributed by atoms with Gasteiger partial charge >= 0.3 is 5.97 Å². The number of hydrogen-bond acceptors (Lipinski definition) is 5. The lowest BCUT2D eigenvalue weighted by molar-refractivity contribution is -0.384. The van der Waals surface area contributed by atoms with Crippen LogP contribution in [0.25, 0.3) is 0 Å². The van der Waals surface area contributed by atoms with E-state index < -0.39 is 10.9 Å². The van der Waals surface area contributed by atoms with Gasteiger partial charge in [0.15, 0.2) is 0 Å². The lowest BCUT2D eigenvalue weighted by atomic mass is 10.1. The van der Waals surface area contributed by atoms with E-state index >= 15 is 0 Å². The van der Waals surface area contributed by atoms with Crippen molar-refractivity contribution in [1.29, 1.82) is 0 Å². The molecule has 1 aromatic carbocycles. The number of nitro benzene ring substituents is 1. The van der Waals surface area contributed by atoms with Crippen LogP contribution in [0.1, 0.15) is 16.1 Å². The third kappa shape index (κ3) is 2.71. The number of nitrogens with zero attached hydrogens (tertiary/aromatic N) is 1. The molecule has 98 valence electrons. The first kappa shape index (κ1) is 12.6. The van der Waals surface area contributed by atoms with Crippen molar-refractivity contribution in [3.8, 4) is 0 Å². The first-order chi connectivity index (χ1) is 9.09. The number of carboxylic acid groups (broad SMARTS) is 1. The Morgan fingerprint density at radius 2 is 2.16 bits per heavy atom. The summed E-state index contributed by atoms with van der Waals surface area (Å²) in [5, 5.41) is 22.7. The Labute approximate surface area is 107 Å². The number of hydrogen-bond donors (Lipinski definition) is 2. The highest BCUT2D eigenvalue weighted by Crippen LogP contribution is 2.28. The molecule has 7 heteroatoms. The fraction of sp³-hybridized carbons (Fsp3) is 0.0833. The van der Waals surface area contributed by atoms with Crippen LogP contribution in [0.15, 0.2) is 41.0 Å². The fourth-order valence-corrected chi connectivity index (χ4v) is 1.64. The summed E-state index contributed by atoms with van der Waals surface area (Å²) in [6.07, 6.45) is 1.47. The molecule has 1 aromatic heterocycles. The first-order valence-corrected chi connectivity index (χ1v) is 5.36. The Morgan fingerprint density at radius 1 is 1.37 bits per heavy atom. The van der Waals surface area contributed by atoms with Crippen LogP contribution in [0.2, 0.25) is 0 Å². The first-order valence-electron chi connectivity index (χ1n) is 5.36. The molecular formula is C12H10N2O5. The Bertz CT molecular complexity index is 574. The summed E-state index contributed by atoms with van der Waals surface area (Å²) in [4.78, 5) is 21.4. The standard InChI is InChI=1S/C12H10N2O5/c15-12(16)9-4-1-5-10(14(17)18)11(9)13-7-8-3-2-6-19-8/h1-6,13H,7H2,(H,15,16). The van der Waals surface area contributed by atoms with E-state index in [4.69, 9.17) is 9.52 Å². The topological polar surface area (TPSA) is 106 Å². The van der Waals surface area contributed by atoms with Crippen molar-refractivity contribution < 1.29 is 19.2 Å². The Hall–Kier alpha value is -2.83. The average molecular weight is 262 g/mol. The van der Waals surface area contributed by atoms with Crippen LogP contribution < -0.4 is 5.32 Å². The molecule has 0 aliphatic carbocycles. The van der Waals surface area contributed by atoms with Crippen molar-refractivity contribution in [2.45, 2.75) is 6.54 Å². The van der Waals surface area contributed by atoms with Gasteiger partial charge in [-0.3, -0.25) is 10.1 Å². The van der Waals surface area contributed by atoms with Crippen LogP contribution in [0.5, 0.6) is 0 Å². The van der Waals surface area contributed by atoms with E-state index in [0.717, 1.165) is 0 Å². The summed E-state index contributed by atoms with van der Waals surface area (Å²) in [7, 11) is 0. The van der Waals surface area contributed by atoms with E-state index in [-0.39, 0.29) is 23.5 Å². The largest absolute Gasteiger partial charge is 0.478 e. The highest BCUT2D eigenvalue weighted by atomic mass is 16.6. The van der Waals surface area contributed by atoms with E-state index in [0.29, 0.717) is 5.76 Å². The van der Waals surface area contributed by atoms with Gasteiger partial charge in [-0.25, -0.2) is 4.79 Å². The van der Waals surface area contributed by atoms with E-state index in [1.54, 1.807) is 12.1 Å². The Balaban J connectivity index is 2.35. The van der Waals surface area contributed by atoms with E-state index in [9.17, 15) is 14.9 Å². The van der Waals surface area contributed by atoms with Gasteiger partial charge in [0.1, 0.15) is 11.4 Å². The minimum absolute atomic E-state index is 0.0311. The van der Waals surface area contributed by atoms with Crippen molar-refractivity contribution in [2.24, 2.45) is 0 Å². The molecule has 7 nitrogen and oxygen atoms in total. The van der Waals surface area contributed by atoms with Crippen LogP contribution in [-0.2, 0) is 6.54 Å². The van der Waals surface area contributed by atoms with Crippen LogP contribution in [-0.4, -0.2) is 16.0 Å². The normalized spacial score (nSPS) is 10.1. The lowest BCUT2D eigenvalue weighted by Gasteiger charge is -2.08. The number of furan rings is 1. The molecule has 0 aliphatic rings. The molecule has 0 saturated heterocycles. The second-order valence-electron chi connectivity index (χ2n) is 3.69. The molecule has 19 heavy (non-hydrogen) atoms. The number of rotatable bonds is 5. The summed E-state index contributed by atoms with van der Waals surface area (Å²) in [6.45, 7) is 0.165. The SMILES string of the molecule is O=C(O)c1cccc([N+](=O)[O-])c1NCc1ccco1. The maximum atomic E-state index is 11.1. The van der Waals surface area contributed by atoms with Crippen LogP contribution in [0.3, 0.4) is 0 Å². The van der Waals surface area contributed by atoms with Gasteiger partial charge in [0.25, 0.3) is 5.69 Å². The summed E-state index contributed by atoms with van der Waals surface area (Å²) in [6, 6.07) is 7.24. The number of anilines is 1. The summed E-state index contributed by atoms with van der Waals surface area (Å²) >= 11 is 0. The number of carboxylic acids is 1. The number of nitrogens with one attached hydrogen (secondary N) is 1. The third-order valence-corrected chi connectivity index (χ3v) is 2.49. The molecule has 0 saturated carbocycles. The number of benzene rings is 1. The maximum Gasteiger partial charge on any atom is 0.338 e. The van der Waals surface area contributed by atoms with Gasteiger partial charge in [0.2, 0.25) is 0 Å².